The number of sulfone groups is 1. The lowest BCUT2D eigenvalue weighted by molar-refractivity contribution is 0.0984. The fourth-order valence-corrected chi connectivity index (χ4v) is 4.47. The van der Waals surface area contributed by atoms with Crippen LogP contribution in [0.15, 0.2) is 53.7 Å². The second-order valence-electron chi connectivity index (χ2n) is 7.68. The Hall–Kier alpha value is -3.24. The van der Waals surface area contributed by atoms with Gasteiger partial charge in [0.25, 0.3) is 0 Å². The highest BCUT2D eigenvalue weighted by Gasteiger charge is 2.23. The van der Waals surface area contributed by atoms with Crippen LogP contribution >= 0.6 is 0 Å². The molecule has 0 spiro atoms. The molecule has 1 atom stereocenters. The van der Waals surface area contributed by atoms with Crippen LogP contribution in [0.1, 0.15) is 6.92 Å². The molecule has 10 heteroatoms. The summed E-state index contributed by atoms with van der Waals surface area (Å²) < 4.78 is 31.1. The molecule has 1 aliphatic rings. The van der Waals surface area contributed by atoms with Crippen molar-refractivity contribution in [3.8, 4) is 22.5 Å². The molecule has 0 bridgehead atoms. The van der Waals surface area contributed by atoms with Gasteiger partial charge in [-0.3, -0.25) is 5.10 Å². The van der Waals surface area contributed by atoms with Crippen molar-refractivity contribution in [1.82, 2.24) is 24.8 Å². The third-order valence-corrected chi connectivity index (χ3v) is 6.62. The van der Waals surface area contributed by atoms with Gasteiger partial charge in [-0.05, 0) is 36.8 Å². The summed E-state index contributed by atoms with van der Waals surface area (Å²) in [5.41, 5.74) is 4.02. The van der Waals surface area contributed by atoms with Gasteiger partial charge >= 0.3 is 0 Å². The SMILES string of the molecule is C[C@@H]1COCCN1c1cc(-c2ccc(S(C)(=O)=O)cc2)c2ncc(-c3ccn[nH]3)n2n1. The summed E-state index contributed by atoms with van der Waals surface area (Å²) in [6, 6.07) is 10.9. The molecule has 0 saturated carbocycles. The molecule has 0 aliphatic carbocycles. The van der Waals surface area contributed by atoms with E-state index in [4.69, 9.17) is 9.84 Å². The first kappa shape index (κ1) is 19.7. The van der Waals surface area contributed by atoms with Crippen LogP contribution in [0.25, 0.3) is 28.2 Å². The molecule has 160 valence electrons. The average molecular weight is 439 g/mol. The van der Waals surface area contributed by atoms with Gasteiger partial charge in [-0.15, -0.1) is 5.10 Å². The highest BCUT2D eigenvalue weighted by molar-refractivity contribution is 7.90. The Morgan fingerprint density at radius 1 is 1.19 bits per heavy atom. The predicted octanol–water partition coefficient (Wildman–Crippen LogP) is 2.42. The van der Waals surface area contributed by atoms with Crippen molar-refractivity contribution in [1.29, 1.82) is 0 Å². The first-order chi connectivity index (χ1) is 14.9. The molecule has 4 heterocycles. The number of aromatic amines is 1. The first-order valence-corrected chi connectivity index (χ1v) is 11.8. The van der Waals surface area contributed by atoms with E-state index in [-0.39, 0.29) is 10.9 Å². The summed E-state index contributed by atoms with van der Waals surface area (Å²) in [4.78, 5) is 7.12. The summed E-state index contributed by atoms with van der Waals surface area (Å²) >= 11 is 0. The molecule has 9 nitrogen and oxygen atoms in total. The highest BCUT2D eigenvalue weighted by atomic mass is 32.2. The van der Waals surface area contributed by atoms with E-state index >= 15 is 0 Å². The molecule has 1 fully saturated rings. The van der Waals surface area contributed by atoms with Crippen molar-refractivity contribution in [2.24, 2.45) is 0 Å². The number of ether oxygens (including phenoxy) is 1. The molecule has 31 heavy (non-hydrogen) atoms. The molecule has 4 aromatic rings. The minimum absolute atomic E-state index is 0.179. The largest absolute Gasteiger partial charge is 0.377 e. The molecule has 0 radical (unpaired) electrons. The molecular weight excluding hydrogens is 416 g/mol. The zero-order valence-corrected chi connectivity index (χ0v) is 18.0. The molecule has 1 saturated heterocycles. The third-order valence-electron chi connectivity index (χ3n) is 5.49. The summed E-state index contributed by atoms with van der Waals surface area (Å²) in [5, 5.41) is 11.9. The predicted molar refractivity (Wildman–Crippen MR) is 117 cm³/mol. The number of anilines is 1. The van der Waals surface area contributed by atoms with Crippen LogP contribution in [-0.4, -0.2) is 65.3 Å². The van der Waals surface area contributed by atoms with Crippen LogP contribution in [0.5, 0.6) is 0 Å². The van der Waals surface area contributed by atoms with Gasteiger partial charge in [0.1, 0.15) is 5.69 Å². The van der Waals surface area contributed by atoms with E-state index in [1.165, 1.54) is 6.26 Å². The van der Waals surface area contributed by atoms with Crippen molar-refractivity contribution in [3.63, 3.8) is 0 Å². The lowest BCUT2D eigenvalue weighted by Gasteiger charge is -2.34. The first-order valence-electron chi connectivity index (χ1n) is 9.95. The van der Waals surface area contributed by atoms with Crippen LogP contribution in [0.3, 0.4) is 0 Å². The zero-order chi connectivity index (χ0) is 21.6. The molecule has 5 rings (SSSR count). The van der Waals surface area contributed by atoms with E-state index in [1.54, 1.807) is 24.5 Å². The smallest absolute Gasteiger partial charge is 0.175 e. The second kappa shape index (κ2) is 7.47. The van der Waals surface area contributed by atoms with Gasteiger partial charge in [0, 0.05) is 24.6 Å². The number of hydrogen-bond acceptors (Lipinski definition) is 7. The Kier molecular flexibility index (Phi) is 4.75. The number of imidazole rings is 1. The molecule has 1 aromatic carbocycles. The molecule has 0 amide bonds. The Labute approximate surface area is 179 Å². The maximum absolute atomic E-state index is 11.9. The Balaban J connectivity index is 1.71. The molecule has 1 aliphatic heterocycles. The van der Waals surface area contributed by atoms with Crippen molar-refractivity contribution in [2.75, 3.05) is 30.9 Å². The topological polar surface area (TPSA) is 105 Å². The average Bonchev–Trinajstić information content (AvgIpc) is 3.42. The van der Waals surface area contributed by atoms with Crippen molar-refractivity contribution in [2.45, 2.75) is 17.9 Å². The van der Waals surface area contributed by atoms with Crippen LogP contribution in [0.4, 0.5) is 5.82 Å². The minimum Gasteiger partial charge on any atom is -0.377 e. The van der Waals surface area contributed by atoms with Crippen molar-refractivity contribution < 1.29 is 13.2 Å². The third kappa shape index (κ3) is 3.57. The summed E-state index contributed by atoms with van der Waals surface area (Å²) in [7, 11) is -3.27. The van der Waals surface area contributed by atoms with E-state index < -0.39 is 9.84 Å². The van der Waals surface area contributed by atoms with Crippen LogP contribution in [-0.2, 0) is 14.6 Å². The number of H-pyrrole nitrogens is 1. The standard InChI is InChI=1S/C21H22N6O3S/c1-14-13-30-10-9-26(14)20-11-17(15-3-5-16(6-4-15)31(2,28)29)21-22-12-19(27(21)25-20)18-7-8-23-24-18/h3-8,11-12,14H,9-10,13H2,1-2H3,(H,23,24)/t14-/m1/s1. The Morgan fingerprint density at radius 2 is 2.00 bits per heavy atom. The van der Waals surface area contributed by atoms with E-state index in [1.807, 2.05) is 28.8 Å². The second-order valence-corrected chi connectivity index (χ2v) is 9.69. The van der Waals surface area contributed by atoms with E-state index in [0.29, 0.717) is 18.9 Å². The Bertz CT molecular complexity index is 1330. The number of hydrogen-bond donors (Lipinski definition) is 1. The highest BCUT2D eigenvalue weighted by Crippen LogP contribution is 2.31. The van der Waals surface area contributed by atoms with Gasteiger partial charge in [0.2, 0.25) is 0 Å². The maximum atomic E-state index is 11.9. The van der Waals surface area contributed by atoms with E-state index in [9.17, 15) is 8.42 Å². The minimum atomic E-state index is -3.27. The quantitative estimate of drug-likeness (QED) is 0.522. The number of rotatable bonds is 4. The van der Waals surface area contributed by atoms with Gasteiger partial charge in [0.15, 0.2) is 21.3 Å². The monoisotopic (exact) mass is 438 g/mol. The fraction of sp³-hybridized carbons (Fsp3) is 0.286. The van der Waals surface area contributed by atoms with Crippen LogP contribution in [0.2, 0.25) is 0 Å². The van der Waals surface area contributed by atoms with E-state index in [2.05, 4.69) is 27.0 Å². The fourth-order valence-electron chi connectivity index (χ4n) is 3.84. The van der Waals surface area contributed by atoms with Gasteiger partial charge < -0.3 is 9.64 Å². The number of nitrogens with zero attached hydrogens (tertiary/aromatic N) is 5. The van der Waals surface area contributed by atoms with Gasteiger partial charge in [-0.25, -0.2) is 17.9 Å². The summed E-state index contributed by atoms with van der Waals surface area (Å²) in [6.45, 7) is 4.12. The molecule has 1 N–H and O–H groups in total. The number of fused-ring (bicyclic) bond motifs is 1. The van der Waals surface area contributed by atoms with Gasteiger partial charge in [-0.2, -0.15) is 5.10 Å². The lowest BCUT2D eigenvalue weighted by Crippen LogP contribution is -2.44. The van der Waals surface area contributed by atoms with Gasteiger partial charge in [-0.1, -0.05) is 12.1 Å². The van der Waals surface area contributed by atoms with Crippen molar-refractivity contribution in [3.05, 3.63) is 48.8 Å². The number of aromatic nitrogens is 5. The summed E-state index contributed by atoms with van der Waals surface area (Å²) in [5.74, 6) is 0.809. The summed E-state index contributed by atoms with van der Waals surface area (Å²) in [6.07, 6.45) is 4.65. The molecule has 3 aromatic heterocycles. The van der Waals surface area contributed by atoms with E-state index in [0.717, 1.165) is 34.9 Å². The zero-order valence-electron chi connectivity index (χ0n) is 17.2. The Morgan fingerprint density at radius 3 is 2.68 bits per heavy atom. The molecular formula is C21H22N6O3S. The number of benzene rings is 1. The molecule has 0 unspecified atom stereocenters. The van der Waals surface area contributed by atoms with Gasteiger partial charge in [0.05, 0.1) is 36.0 Å². The maximum Gasteiger partial charge on any atom is 0.175 e. The number of nitrogens with one attached hydrogen (secondary N) is 1. The number of morpholine rings is 1. The normalized spacial score (nSPS) is 17.4. The van der Waals surface area contributed by atoms with Crippen LogP contribution in [0, 0.1) is 0 Å². The lowest BCUT2D eigenvalue weighted by atomic mass is 10.1. The van der Waals surface area contributed by atoms with Crippen LogP contribution < -0.4 is 4.90 Å². The van der Waals surface area contributed by atoms with Crippen molar-refractivity contribution >= 4 is 21.3 Å².